The van der Waals surface area contributed by atoms with E-state index in [1.165, 1.54) is 6.07 Å². The summed E-state index contributed by atoms with van der Waals surface area (Å²) < 4.78 is 31.7. The van der Waals surface area contributed by atoms with Gasteiger partial charge >= 0.3 is 0 Å². The van der Waals surface area contributed by atoms with Crippen LogP contribution in [0.2, 0.25) is 0 Å². The highest BCUT2D eigenvalue weighted by atomic mass is 32.2. The Hall–Kier alpha value is -2.05. The summed E-state index contributed by atoms with van der Waals surface area (Å²) >= 11 is 0. The number of para-hydroxylation sites is 2. The smallest absolute Gasteiger partial charge is 0.240 e. The molecule has 0 aliphatic carbocycles. The number of aromatic hydroxyl groups is 1. The van der Waals surface area contributed by atoms with Crippen molar-refractivity contribution in [2.24, 2.45) is 0 Å². The largest absolute Gasteiger partial charge is 0.504 e. The molecule has 2 aromatic carbocycles. The molecule has 0 spiro atoms. The fourth-order valence-electron chi connectivity index (χ4n) is 1.72. The number of hydrogen-bond donors (Lipinski definition) is 2. The van der Waals surface area contributed by atoms with Crippen molar-refractivity contribution in [3.63, 3.8) is 0 Å². The molecule has 0 bridgehead atoms. The molecule has 0 radical (unpaired) electrons. The third kappa shape index (κ3) is 4.47. The maximum atomic E-state index is 11.9. The second-order valence-corrected chi connectivity index (χ2v) is 6.15. The van der Waals surface area contributed by atoms with Crippen molar-refractivity contribution in [1.82, 2.24) is 4.72 Å². The van der Waals surface area contributed by atoms with Gasteiger partial charge < -0.3 is 9.84 Å². The van der Waals surface area contributed by atoms with Crippen LogP contribution in [-0.4, -0.2) is 26.7 Å². The molecule has 0 aliphatic rings. The lowest BCUT2D eigenvalue weighted by Crippen LogP contribution is -2.25. The molecule has 0 heterocycles. The fourth-order valence-corrected chi connectivity index (χ4v) is 2.82. The monoisotopic (exact) mass is 307 g/mol. The molecule has 6 heteroatoms. The Kier molecular flexibility index (Phi) is 5.19. The summed E-state index contributed by atoms with van der Waals surface area (Å²) in [5.74, 6) is 0.464. The van der Waals surface area contributed by atoms with Crippen LogP contribution in [-0.2, 0) is 10.0 Å². The van der Waals surface area contributed by atoms with Crippen LogP contribution in [0.5, 0.6) is 11.5 Å². The zero-order valence-corrected chi connectivity index (χ0v) is 12.2. The maximum Gasteiger partial charge on any atom is 0.240 e. The first-order chi connectivity index (χ1) is 10.1. The molecule has 0 fully saturated rings. The van der Waals surface area contributed by atoms with Crippen LogP contribution in [0.15, 0.2) is 59.5 Å². The summed E-state index contributed by atoms with van der Waals surface area (Å²) in [7, 11) is -3.47. The summed E-state index contributed by atoms with van der Waals surface area (Å²) in [4.78, 5) is 0.242. The number of nitrogens with one attached hydrogen (secondary N) is 1. The van der Waals surface area contributed by atoms with Crippen LogP contribution >= 0.6 is 0 Å². The Labute approximate surface area is 124 Å². The molecular formula is C15H17NO4S. The van der Waals surface area contributed by atoms with Gasteiger partial charge in [-0.15, -0.1) is 0 Å². The molecular weight excluding hydrogens is 290 g/mol. The van der Waals surface area contributed by atoms with Crippen molar-refractivity contribution in [3.8, 4) is 11.5 Å². The Balaban J connectivity index is 1.77. The molecule has 0 amide bonds. The van der Waals surface area contributed by atoms with Gasteiger partial charge in [0.05, 0.1) is 11.5 Å². The molecule has 112 valence electrons. The third-order valence-electron chi connectivity index (χ3n) is 2.79. The molecule has 0 atom stereocenters. The van der Waals surface area contributed by atoms with Crippen LogP contribution < -0.4 is 9.46 Å². The van der Waals surface area contributed by atoms with Crippen LogP contribution in [0.1, 0.15) is 6.42 Å². The van der Waals surface area contributed by atoms with Crippen molar-refractivity contribution < 1.29 is 18.3 Å². The summed E-state index contributed by atoms with van der Waals surface area (Å²) in [5.41, 5.74) is 0. The van der Waals surface area contributed by atoms with Gasteiger partial charge in [-0.05, 0) is 30.7 Å². The van der Waals surface area contributed by atoms with Crippen LogP contribution in [0.4, 0.5) is 0 Å². The minimum atomic E-state index is -3.47. The van der Waals surface area contributed by atoms with E-state index in [4.69, 9.17) is 4.74 Å². The summed E-state index contributed by atoms with van der Waals surface area (Å²) in [6.45, 7) is 0.583. The van der Waals surface area contributed by atoms with Crippen molar-refractivity contribution in [1.29, 1.82) is 0 Å². The summed E-state index contributed by atoms with van der Waals surface area (Å²) in [5, 5.41) is 9.51. The molecule has 2 aromatic rings. The maximum absolute atomic E-state index is 11.9. The van der Waals surface area contributed by atoms with Crippen molar-refractivity contribution in [2.45, 2.75) is 11.3 Å². The zero-order chi connectivity index (χ0) is 15.1. The van der Waals surface area contributed by atoms with E-state index in [1.807, 2.05) is 0 Å². The van der Waals surface area contributed by atoms with Crippen LogP contribution in [0.3, 0.4) is 0 Å². The Morgan fingerprint density at radius 2 is 1.67 bits per heavy atom. The first kappa shape index (κ1) is 15.3. The molecule has 21 heavy (non-hydrogen) atoms. The van der Waals surface area contributed by atoms with E-state index < -0.39 is 10.0 Å². The van der Waals surface area contributed by atoms with Crippen molar-refractivity contribution >= 4 is 10.0 Å². The predicted octanol–water partition coefficient (Wildman–Crippen LogP) is 2.14. The quantitative estimate of drug-likeness (QED) is 0.768. The highest BCUT2D eigenvalue weighted by molar-refractivity contribution is 7.89. The Bertz CT molecular complexity index is 671. The van der Waals surface area contributed by atoms with Gasteiger partial charge in [-0.2, -0.15) is 0 Å². The van der Waals surface area contributed by atoms with Gasteiger partial charge in [-0.3, -0.25) is 0 Å². The van der Waals surface area contributed by atoms with E-state index in [-0.39, 0.29) is 17.2 Å². The number of sulfonamides is 1. The van der Waals surface area contributed by atoms with E-state index in [2.05, 4.69) is 4.72 Å². The molecule has 0 aliphatic heterocycles. The number of benzene rings is 2. The van der Waals surface area contributed by atoms with Gasteiger partial charge in [-0.25, -0.2) is 13.1 Å². The highest BCUT2D eigenvalue weighted by Gasteiger charge is 2.11. The van der Waals surface area contributed by atoms with Gasteiger partial charge in [0, 0.05) is 6.54 Å². The van der Waals surface area contributed by atoms with Gasteiger partial charge in [0.15, 0.2) is 11.5 Å². The molecule has 0 saturated carbocycles. The van der Waals surface area contributed by atoms with Gasteiger partial charge in [0.2, 0.25) is 10.0 Å². The molecule has 0 saturated heterocycles. The first-order valence-electron chi connectivity index (χ1n) is 6.55. The number of ether oxygens (including phenoxy) is 1. The molecule has 0 aromatic heterocycles. The SMILES string of the molecule is O=S(=O)(NCCCOc1ccccc1O)c1ccccc1. The number of hydrogen-bond acceptors (Lipinski definition) is 4. The average molecular weight is 307 g/mol. The van der Waals surface area contributed by atoms with Crippen LogP contribution in [0.25, 0.3) is 0 Å². The lowest BCUT2D eigenvalue weighted by Gasteiger charge is -2.09. The van der Waals surface area contributed by atoms with E-state index in [9.17, 15) is 13.5 Å². The Morgan fingerprint density at radius 3 is 2.38 bits per heavy atom. The number of phenols is 1. The zero-order valence-electron chi connectivity index (χ0n) is 11.4. The predicted molar refractivity (Wildman–Crippen MR) is 79.8 cm³/mol. The molecule has 2 rings (SSSR count). The second-order valence-electron chi connectivity index (χ2n) is 4.38. The second kappa shape index (κ2) is 7.10. The summed E-state index contributed by atoms with van der Waals surface area (Å²) in [6.07, 6.45) is 0.500. The molecule has 0 unspecified atom stereocenters. The number of phenolic OH excluding ortho intramolecular Hbond substituents is 1. The standard InChI is InChI=1S/C15H17NO4S/c17-14-9-4-5-10-15(14)20-12-6-11-16-21(18,19)13-7-2-1-3-8-13/h1-5,7-10,16-17H,6,11-12H2. The number of rotatable bonds is 7. The molecule has 5 nitrogen and oxygen atoms in total. The first-order valence-corrected chi connectivity index (χ1v) is 8.03. The van der Waals surface area contributed by atoms with Gasteiger partial charge in [0.1, 0.15) is 0 Å². The van der Waals surface area contributed by atoms with Gasteiger partial charge in [-0.1, -0.05) is 30.3 Å². The third-order valence-corrected chi connectivity index (χ3v) is 4.27. The summed E-state index contributed by atoms with van der Waals surface area (Å²) in [6, 6.07) is 14.9. The van der Waals surface area contributed by atoms with E-state index in [0.717, 1.165) is 0 Å². The van der Waals surface area contributed by atoms with E-state index in [1.54, 1.807) is 48.5 Å². The minimum Gasteiger partial charge on any atom is -0.504 e. The van der Waals surface area contributed by atoms with Crippen molar-refractivity contribution in [3.05, 3.63) is 54.6 Å². The molecule has 2 N–H and O–H groups in total. The minimum absolute atomic E-state index is 0.0716. The Morgan fingerprint density at radius 1 is 1.00 bits per heavy atom. The average Bonchev–Trinajstić information content (AvgIpc) is 2.49. The highest BCUT2D eigenvalue weighted by Crippen LogP contribution is 2.24. The fraction of sp³-hybridized carbons (Fsp3) is 0.200. The van der Waals surface area contributed by atoms with E-state index in [0.29, 0.717) is 18.8 Å². The lowest BCUT2D eigenvalue weighted by molar-refractivity contribution is 0.294. The topological polar surface area (TPSA) is 75.6 Å². The van der Waals surface area contributed by atoms with Crippen molar-refractivity contribution in [2.75, 3.05) is 13.2 Å². The lowest BCUT2D eigenvalue weighted by atomic mass is 10.3. The van der Waals surface area contributed by atoms with Gasteiger partial charge in [0.25, 0.3) is 0 Å². The van der Waals surface area contributed by atoms with Crippen LogP contribution in [0, 0.1) is 0 Å². The normalized spacial score (nSPS) is 11.2. The van der Waals surface area contributed by atoms with E-state index >= 15 is 0 Å².